The van der Waals surface area contributed by atoms with Crippen molar-refractivity contribution in [1.82, 2.24) is 14.9 Å². The van der Waals surface area contributed by atoms with E-state index >= 15 is 0 Å². The van der Waals surface area contributed by atoms with Gasteiger partial charge in [0.2, 0.25) is 5.88 Å². The zero-order chi connectivity index (χ0) is 20.6. The van der Waals surface area contributed by atoms with E-state index in [0.29, 0.717) is 19.0 Å². The molecule has 1 amide bonds. The van der Waals surface area contributed by atoms with Crippen molar-refractivity contribution in [3.05, 3.63) is 89.6 Å². The summed E-state index contributed by atoms with van der Waals surface area (Å²) in [4.78, 5) is 24.2. The van der Waals surface area contributed by atoms with Crippen LogP contribution in [0.2, 0.25) is 0 Å². The van der Waals surface area contributed by atoms with Crippen LogP contribution in [0.25, 0.3) is 10.2 Å². The van der Waals surface area contributed by atoms with E-state index in [2.05, 4.69) is 34.2 Å². The molecule has 0 unspecified atom stereocenters. The minimum absolute atomic E-state index is 0.0362. The number of hydrogen-bond donors (Lipinski definition) is 0. The molecule has 0 N–H and O–H groups in total. The average molecular weight is 418 g/mol. The topological polar surface area (TPSA) is 55.3 Å². The van der Waals surface area contributed by atoms with Crippen LogP contribution in [0.1, 0.15) is 11.1 Å². The summed E-state index contributed by atoms with van der Waals surface area (Å²) in [6.45, 7) is 1.26. The number of rotatable bonds is 9. The van der Waals surface area contributed by atoms with Crippen LogP contribution in [0, 0.1) is 0 Å². The molecule has 4 aromatic rings. The molecule has 152 valence electrons. The molecule has 0 bridgehead atoms. The molecule has 2 heterocycles. The molecule has 0 aliphatic carbocycles. The largest absolute Gasteiger partial charge is 0.467 e. The number of aromatic nitrogens is 2. The number of amides is 1. The summed E-state index contributed by atoms with van der Waals surface area (Å²) in [5, 5.41) is 2.79. The Morgan fingerprint density at radius 1 is 0.867 bits per heavy atom. The highest BCUT2D eigenvalue weighted by atomic mass is 32.1. The monoisotopic (exact) mass is 417 g/mol. The van der Waals surface area contributed by atoms with E-state index in [1.807, 2.05) is 52.7 Å². The molecule has 0 spiro atoms. The molecular formula is C24H23N3O2S. The van der Waals surface area contributed by atoms with Crippen LogP contribution in [0.3, 0.4) is 0 Å². The van der Waals surface area contributed by atoms with Crippen LogP contribution >= 0.6 is 11.3 Å². The van der Waals surface area contributed by atoms with Crippen molar-refractivity contribution in [1.29, 1.82) is 0 Å². The lowest BCUT2D eigenvalue weighted by Gasteiger charge is -2.23. The predicted molar refractivity (Wildman–Crippen MR) is 120 cm³/mol. The van der Waals surface area contributed by atoms with E-state index in [-0.39, 0.29) is 12.5 Å². The smallest absolute Gasteiger partial charge is 0.260 e. The molecule has 5 nitrogen and oxygen atoms in total. The third-order valence-electron chi connectivity index (χ3n) is 4.94. The molecule has 6 heteroatoms. The Hall–Kier alpha value is -3.25. The highest BCUT2D eigenvalue weighted by Crippen LogP contribution is 2.25. The quantitative estimate of drug-likeness (QED) is 0.405. The molecule has 0 fully saturated rings. The second kappa shape index (κ2) is 9.98. The van der Waals surface area contributed by atoms with Gasteiger partial charge in [0.25, 0.3) is 5.91 Å². The van der Waals surface area contributed by atoms with Gasteiger partial charge in [0.1, 0.15) is 11.2 Å². The van der Waals surface area contributed by atoms with Crippen LogP contribution in [0.5, 0.6) is 5.88 Å². The fourth-order valence-electron chi connectivity index (χ4n) is 3.28. The maximum absolute atomic E-state index is 13.0. The average Bonchev–Trinajstić information content (AvgIpc) is 3.28. The fourth-order valence-corrected chi connectivity index (χ4v) is 4.01. The lowest BCUT2D eigenvalue weighted by atomic mass is 10.1. The van der Waals surface area contributed by atoms with E-state index in [9.17, 15) is 4.79 Å². The van der Waals surface area contributed by atoms with E-state index < -0.39 is 0 Å². The van der Waals surface area contributed by atoms with Gasteiger partial charge in [-0.05, 0) is 35.4 Å². The molecule has 0 saturated carbocycles. The second-order valence-corrected chi connectivity index (χ2v) is 7.85. The SMILES string of the molecule is O=C(COc1ncnc2sccc12)N(CCc1ccccc1)CCc1ccccc1. The summed E-state index contributed by atoms with van der Waals surface area (Å²) in [5.41, 5.74) is 2.43. The first kappa shape index (κ1) is 20.0. The van der Waals surface area contributed by atoms with Crippen molar-refractivity contribution in [3.8, 4) is 5.88 Å². The Balaban J connectivity index is 1.41. The van der Waals surface area contributed by atoms with Gasteiger partial charge < -0.3 is 9.64 Å². The van der Waals surface area contributed by atoms with Crippen molar-refractivity contribution in [2.75, 3.05) is 19.7 Å². The van der Waals surface area contributed by atoms with Gasteiger partial charge in [-0.15, -0.1) is 11.3 Å². The van der Waals surface area contributed by atoms with Gasteiger partial charge in [0, 0.05) is 13.1 Å². The van der Waals surface area contributed by atoms with Crippen molar-refractivity contribution < 1.29 is 9.53 Å². The summed E-state index contributed by atoms with van der Waals surface area (Å²) in [5.74, 6) is 0.421. The normalized spacial score (nSPS) is 10.8. The minimum atomic E-state index is -0.0381. The molecule has 4 rings (SSSR count). The number of thiophene rings is 1. The van der Waals surface area contributed by atoms with Gasteiger partial charge in [-0.1, -0.05) is 60.7 Å². The Morgan fingerprint density at radius 3 is 2.13 bits per heavy atom. The molecule has 0 aliphatic rings. The highest BCUT2D eigenvalue weighted by molar-refractivity contribution is 7.16. The van der Waals surface area contributed by atoms with Crippen LogP contribution < -0.4 is 4.74 Å². The lowest BCUT2D eigenvalue weighted by molar-refractivity contribution is -0.133. The molecule has 30 heavy (non-hydrogen) atoms. The Kier molecular flexibility index (Phi) is 6.67. The first-order valence-electron chi connectivity index (χ1n) is 9.96. The maximum atomic E-state index is 13.0. The molecule has 2 aromatic heterocycles. The third kappa shape index (κ3) is 5.21. The molecule has 0 aliphatic heterocycles. The summed E-state index contributed by atoms with van der Waals surface area (Å²) in [6.07, 6.45) is 3.09. The minimum Gasteiger partial charge on any atom is -0.467 e. The van der Waals surface area contributed by atoms with Gasteiger partial charge in [0.15, 0.2) is 6.61 Å². The number of ether oxygens (including phenoxy) is 1. The van der Waals surface area contributed by atoms with E-state index in [0.717, 1.165) is 23.1 Å². The van der Waals surface area contributed by atoms with Gasteiger partial charge in [-0.2, -0.15) is 0 Å². The lowest BCUT2D eigenvalue weighted by Crippen LogP contribution is -2.38. The molecular weight excluding hydrogens is 394 g/mol. The number of fused-ring (bicyclic) bond motifs is 1. The molecule has 2 aromatic carbocycles. The van der Waals surface area contributed by atoms with Crippen LogP contribution in [0.4, 0.5) is 0 Å². The number of hydrogen-bond acceptors (Lipinski definition) is 5. The zero-order valence-electron chi connectivity index (χ0n) is 16.6. The van der Waals surface area contributed by atoms with Gasteiger partial charge in [-0.3, -0.25) is 4.79 Å². The Bertz CT molecular complexity index is 1040. The van der Waals surface area contributed by atoms with Crippen molar-refractivity contribution in [2.24, 2.45) is 0 Å². The van der Waals surface area contributed by atoms with E-state index in [1.165, 1.54) is 28.8 Å². The predicted octanol–water partition coefficient (Wildman–Crippen LogP) is 4.38. The summed E-state index contributed by atoms with van der Waals surface area (Å²) in [6, 6.07) is 22.4. The van der Waals surface area contributed by atoms with Crippen LogP contribution in [-0.2, 0) is 17.6 Å². The zero-order valence-corrected chi connectivity index (χ0v) is 17.4. The molecule has 0 saturated heterocycles. The van der Waals surface area contributed by atoms with Gasteiger partial charge in [-0.25, -0.2) is 9.97 Å². The number of carbonyl (C=O) groups is 1. The Morgan fingerprint density at radius 2 is 1.50 bits per heavy atom. The summed E-state index contributed by atoms with van der Waals surface area (Å²) in [7, 11) is 0. The van der Waals surface area contributed by atoms with Crippen molar-refractivity contribution >= 4 is 27.5 Å². The Labute approximate surface area is 180 Å². The van der Waals surface area contributed by atoms with Crippen LogP contribution in [0.15, 0.2) is 78.4 Å². The summed E-state index contributed by atoms with van der Waals surface area (Å²) >= 11 is 1.53. The van der Waals surface area contributed by atoms with Crippen LogP contribution in [-0.4, -0.2) is 40.5 Å². The standard InChI is InChI=1S/C24H23N3O2S/c28-22(17-29-23-21-13-16-30-24(21)26-18-25-23)27(14-11-19-7-3-1-4-8-19)15-12-20-9-5-2-6-10-20/h1-10,13,16,18H,11-12,14-15,17H2. The highest BCUT2D eigenvalue weighted by Gasteiger charge is 2.16. The third-order valence-corrected chi connectivity index (χ3v) is 5.76. The van der Waals surface area contributed by atoms with E-state index in [1.54, 1.807) is 0 Å². The second-order valence-electron chi connectivity index (χ2n) is 6.96. The van der Waals surface area contributed by atoms with Crippen molar-refractivity contribution in [2.45, 2.75) is 12.8 Å². The first-order chi connectivity index (χ1) is 14.8. The first-order valence-corrected chi connectivity index (χ1v) is 10.8. The van der Waals surface area contributed by atoms with Gasteiger partial charge in [0.05, 0.1) is 5.39 Å². The summed E-state index contributed by atoms with van der Waals surface area (Å²) < 4.78 is 5.79. The van der Waals surface area contributed by atoms with Gasteiger partial charge >= 0.3 is 0 Å². The molecule has 0 atom stereocenters. The fraction of sp³-hybridized carbons (Fsp3) is 0.208. The number of carbonyl (C=O) groups excluding carboxylic acids is 1. The number of benzene rings is 2. The number of nitrogens with zero attached hydrogens (tertiary/aromatic N) is 3. The maximum Gasteiger partial charge on any atom is 0.260 e. The van der Waals surface area contributed by atoms with E-state index in [4.69, 9.17) is 4.74 Å². The van der Waals surface area contributed by atoms with Crippen molar-refractivity contribution in [3.63, 3.8) is 0 Å². The molecule has 0 radical (unpaired) electrons.